The standard InChI is InChI=1S/C23H23Cl2FN4O4S2/c24-15-5-6-18(14(8-15)2-1-7-28-22(23(27)31)13-3-4-13)34-19-10-17(26)20(9-16(19)25)36(32,33)30-21-11-35-12-29-21/h5-6,8-13,22,28,30H,1-4,7H2,(H2,27,31). The summed E-state index contributed by atoms with van der Waals surface area (Å²) in [5.41, 5.74) is 7.66. The lowest BCUT2D eigenvalue weighted by Crippen LogP contribution is -2.43. The minimum Gasteiger partial charge on any atom is -0.455 e. The fraction of sp³-hybridized carbons (Fsp3) is 0.304. The Morgan fingerprint density at radius 1 is 1.25 bits per heavy atom. The molecule has 1 atom stereocenters. The molecule has 1 saturated carbocycles. The SMILES string of the molecule is NC(=O)C(NCCCc1cc(Cl)ccc1Oc1cc(F)c(S(=O)(=O)Nc2cscn2)cc1Cl)C1CC1. The van der Waals surface area contributed by atoms with Crippen LogP contribution in [0.2, 0.25) is 10.0 Å². The van der Waals surface area contributed by atoms with Gasteiger partial charge in [0.05, 0.1) is 16.6 Å². The minimum absolute atomic E-state index is 0.0500. The van der Waals surface area contributed by atoms with E-state index < -0.39 is 20.7 Å². The van der Waals surface area contributed by atoms with Gasteiger partial charge in [-0.2, -0.15) is 0 Å². The van der Waals surface area contributed by atoms with E-state index in [-0.39, 0.29) is 28.5 Å². The third-order valence-corrected chi connectivity index (χ3v) is 8.06. The predicted octanol–water partition coefficient (Wildman–Crippen LogP) is 4.97. The van der Waals surface area contributed by atoms with Crippen LogP contribution in [0.1, 0.15) is 24.8 Å². The van der Waals surface area contributed by atoms with Crippen LogP contribution in [-0.2, 0) is 21.2 Å². The van der Waals surface area contributed by atoms with Crippen molar-refractivity contribution >= 4 is 56.3 Å². The number of aromatic nitrogens is 1. The molecular weight excluding hydrogens is 550 g/mol. The lowest BCUT2D eigenvalue weighted by Gasteiger charge is -2.16. The quantitative estimate of drug-likeness (QED) is 0.263. The zero-order valence-electron chi connectivity index (χ0n) is 18.8. The van der Waals surface area contributed by atoms with Gasteiger partial charge in [0, 0.05) is 16.5 Å². The van der Waals surface area contributed by atoms with Gasteiger partial charge in [0.15, 0.2) is 5.82 Å². The number of sulfonamides is 1. The maximum atomic E-state index is 14.8. The maximum Gasteiger partial charge on any atom is 0.266 e. The molecule has 1 fully saturated rings. The van der Waals surface area contributed by atoms with E-state index in [0.29, 0.717) is 36.1 Å². The number of halogens is 3. The molecule has 1 amide bonds. The van der Waals surface area contributed by atoms with E-state index in [9.17, 15) is 17.6 Å². The Labute approximate surface area is 222 Å². The third-order valence-electron chi connectivity index (χ3n) is 5.58. The van der Waals surface area contributed by atoms with Crippen molar-refractivity contribution in [3.63, 3.8) is 0 Å². The number of nitrogens with one attached hydrogen (secondary N) is 2. The molecule has 4 N–H and O–H groups in total. The van der Waals surface area contributed by atoms with Crippen LogP contribution in [0.3, 0.4) is 0 Å². The van der Waals surface area contributed by atoms with E-state index in [1.807, 2.05) is 0 Å². The number of benzene rings is 2. The van der Waals surface area contributed by atoms with Crippen LogP contribution in [0, 0.1) is 11.7 Å². The van der Waals surface area contributed by atoms with Gasteiger partial charge in [0.25, 0.3) is 10.0 Å². The number of carbonyl (C=O) groups excluding carboxylic acids is 1. The smallest absolute Gasteiger partial charge is 0.266 e. The largest absolute Gasteiger partial charge is 0.455 e. The van der Waals surface area contributed by atoms with E-state index in [2.05, 4.69) is 15.0 Å². The molecule has 1 aliphatic carbocycles. The van der Waals surface area contributed by atoms with Gasteiger partial charge in [-0.3, -0.25) is 9.52 Å². The fourth-order valence-electron chi connectivity index (χ4n) is 3.68. The molecule has 1 heterocycles. The molecule has 3 aromatic rings. The summed E-state index contributed by atoms with van der Waals surface area (Å²) in [6, 6.07) is 6.55. The predicted molar refractivity (Wildman–Crippen MR) is 138 cm³/mol. The highest BCUT2D eigenvalue weighted by atomic mass is 35.5. The molecule has 0 saturated heterocycles. The van der Waals surface area contributed by atoms with Gasteiger partial charge in [-0.15, -0.1) is 11.3 Å². The van der Waals surface area contributed by atoms with Crippen LogP contribution in [-0.4, -0.2) is 31.9 Å². The van der Waals surface area contributed by atoms with Crippen molar-refractivity contribution in [1.82, 2.24) is 10.3 Å². The van der Waals surface area contributed by atoms with E-state index in [1.165, 1.54) is 22.2 Å². The van der Waals surface area contributed by atoms with Gasteiger partial charge in [0.2, 0.25) is 5.91 Å². The topological polar surface area (TPSA) is 123 Å². The first kappa shape index (κ1) is 26.6. The molecule has 36 heavy (non-hydrogen) atoms. The van der Waals surface area contributed by atoms with Crippen molar-refractivity contribution in [2.45, 2.75) is 36.6 Å². The number of aryl methyl sites for hydroxylation is 1. The highest BCUT2D eigenvalue weighted by molar-refractivity contribution is 7.92. The number of amides is 1. The lowest BCUT2D eigenvalue weighted by atomic mass is 10.1. The molecular formula is C23H23Cl2FN4O4S2. The zero-order valence-corrected chi connectivity index (χ0v) is 22.0. The molecule has 13 heteroatoms. The monoisotopic (exact) mass is 572 g/mol. The Morgan fingerprint density at radius 2 is 2.03 bits per heavy atom. The average molecular weight is 573 g/mol. The number of carbonyl (C=O) groups is 1. The van der Waals surface area contributed by atoms with Crippen molar-refractivity contribution in [3.8, 4) is 11.5 Å². The number of nitrogens with two attached hydrogens (primary N) is 1. The van der Waals surface area contributed by atoms with Crippen LogP contribution in [0.5, 0.6) is 11.5 Å². The summed E-state index contributed by atoms with van der Waals surface area (Å²) in [5, 5.41) is 5.08. The Hall–Kier alpha value is -2.44. The summed E-state index contributed by atoms with van der Waals surface area (Å²) >= 11 is 13.6. The number of rotatable bonds is 12. The summed E-state index contributed by atoms with van der Waals surface area (Å²) in [4.78, 5) is 14.8. The Morgan fingerprint density at radius 3 is 2.69 bits per heavy atom. The lowest BCUT2D eigenvalue weighted by molar-refractivity contribution is -0.120. The summed E-state index contributed by atoms with van der Waals surface area (Å²) in [7, 11) is -4.25. The van der Waals surface area contributed by atoms with Gasteiger partial charge >= 0.3 is 0 Å². The number of anilines is 1. The summed E-state index contributed by atoms with van der Waals surface area (Å²) in [6.45, 7) is 0.560. The third kappa shape index (κ3) is 6.65. The maximum absolute atomic E-state index is 14.8. The second-order valence-corrected chi connectivity index (χ2v) is 11.5. The molecule has 1 unspecified atom stereocenters. The van der Waals surface area contributed by atoms with Gasteiger partial charge in [-0.05, 0) is 68.0 Å². The second kappa shape index (κ2) is 11.3. The van der Waals surface area contributed by atoms with Crippen LogP contribution < -0.4 is 20.5 Å². The molecule has 1 aromatic heterocycles. The Bertz CT molecular complexity index is 1350. The van der Waals surface area contributed by atoms with Crippen molar-refractivity contribution in [2.24, 2.45) is 11.7 Å². The van der Waals surface area contributed by atoms with E-state index in [0.717, 1.165) is 30.5 Å². The molecule has 192 valence electrons. The first-order valence-electron chi connectivity index (χ1n) is 11.0. The minimum atomic E-state index is -4.25. The second-order valence-electron chi connectivity index (χ2n) is 8.32. The number of hydrogen-bond acceptors (Lipinski definition) is 7. The van der Waals surface area contributed by atoms with E-state index in [1.54, 1.807) is 18.2 Å². The highest BCUT2D eigenvalue weighted by Crippen LogP contribution is 2.36. The normalized spacial score (nSPS) is 14.4. The summed E-state index contributed by atoms with van der Waals surface area (Å²) in [6.07, 6.45) is 3.19. The average Bonchev–Trinajstić information content (AvgIpc) is 3.52. The van der Waals surface area contributed by atoms with Crippen LogP contribution in [0.25, 0.3) is 0 Å². The molecule has 0 spiro atoms. The first-order chi connectivity index (χ1) is 17.1. The number of nitrogens with zero attached hydrogens (tertiary/aromatic N) is 1. The zero-order chi connectivity index (χ0) is 25.9. The molecule has 0 radical (unpaired) electrons. The Balaban J connectivity index is 1.47. The molecule has 0 bridgehead atoms. The van der Waals surface area contributed by atoms with E-state index >= 15 is 0 Å². The van der Waals surface area contributed by atoms with Gasteiger partial charge in [-0.1, -0.05) is 23.2 Å². The van der Waals surface area contributed by atoms with Crippen molar-refractivity contribution < 1.29 is 22.3 Å². The van der Waals surface area contributed by atoms with E-state index in [4.69, 9.17) is 33.7 Å². The molecule has 0 aliphatic heterocycles. The van der Waals surface area contributed by atoms with Crippen LogP contribution >= 0.6 is 34.5 Å². The highest BCUT2D eigenvalue weighted by Gasteiger charge is 2.34. The van der Waals surface area contributed by atoms with Gasteiger partial charge < -0.3 is 15.8 Å². The molecule has 1 aliphatic rings. The number of primary amides is 1. The van der Waals surface area contributed by atoms with Gasteiger partial charge in [-0.25, -0.2) is 17.8 Å². The first-order valence-corrected chi connectivity index (χ1v) is 14.2. The number of ether oxygens (including phenoxy) is 1. The number of hydrogen-bond donors (Lipinski definition) is 3. The van der Waals surface area contributed by atoms with Crippen molar-refractivity contribution in [1.29, 1.82) is 0 Å². The molecule has 2 aromatic carbocycles. The molecule has 4 rings (SSSR count). The van der Waals surface area contributed by atoms with Crippen LogP contribution in [0.4, 0.5) is 10.2 Å². The summed E-state index contributed by atoms with van der Waals surface area (Å²) in [5.74, 6) is -0.664. The van der Waals surface area contributed by atoms with Crippen molar-refractivity contribution in [2.75, 3.05) is 11.3 Å². The molecule has 8 nitrogen and oxygen atoms in total. The number of thiazole rings is 1. The van der Waals surface area contributed by atoms with Crippen molar-refractivity contribution in [3.05, 3.63) is 62.6 Å². The van der Waals surface area contributed by atoms with Crippen LogP contribution in [0.15, 0.2) is 46.1 Å². The van der Waals surface area contributed by atoms with Gasteiger partial charge in [0.1, 0.15) is 22.2 Å². The Kier molecular flexibility index (Phi) is 8.36. The summed E-state index contributed by atoms with van der Waals surface area (Å²) < 4.78 is 48.1. The fourth-order valence-corrected chi connectivity index (χ4v) is 5.78.